The second kappa shape index (κ2) is 5.15. The smallest absolute Gasteiger partial charge is 0.251 e. The lowest BCUT2D eigenvalue weighted by atomic mass is 10.1. The zero-order valence-electron chi connectivity index (χ0n) is 9.99. The summed E-state index contributed by atoms with van der Waals surface area (Å²) in [4.78, 5) is 13.1. The van der Waals surface area contributed by atoms with Crippen LogP contribution in [0, 0.1) is 13.8 Å². The SMILES string of the molecule is Cc1ccc(C(=O)NCc2cccs2)c(C)c1. The van der Waals surface area contributed by atoms with Crippen LogP contribution in [0.4, 0.5) is 0 Å². The molecule has 0 aliphatic rings. The molecule has 0 saturated carbocycles. The van der Waals surface area contributed by atoms with Gasteiger partial charge in [-0.15, -0.1) is 11.3 Å². The van der Waals surface area contributed by atoms with E-state index in [1.807, 2.05) is 49.6 Å². The topological polar surface area (TPSA) is 29.1 Å². The molecule has 2 rings (SSSR count). The number of hydrogen-bond donors (Lipinski definition) is 1. The minimum absolute atomic E-state index is 0.00380. The van der Waals surface area contributed by atoms with Gasteiger partial charge in [-0.05, 0) is 36.9 Å². The summed E-state index contributed by atoms with van der Waals surface area (Å²) in [7, 11) is 0. The molecule has 1 N–H and O–H groups in total. The lowest BCUT2D eigenvalue weighted by molar-refractivity contribution is 0.0950. The number of hydrogen-bond acceptors (Lipinski definition) is 2. The summed E-state index contributed by atoms with van der Waals surface area (Å²) in [6.45, 7) is 4.59. The van der Waals surface area contributed by atoms with Crippen LogP contribution in [-0.4, -0.2) is 5.91 Å². The van der Waals surface area contributed by atoms with Crippen molar-refractivity contribution in [2.45, 2.75) is 20.4 Å². The van der Waals surface area contributed by atoms with Crippen LogP contribution in [-0.2, 0) is 6.54 Å². The first-order chi connectivity index (χ1) is 8.16. The minimum Gasteiger partial charge on any atom is -0.347 e. The molecule has 2 nitrogen and oxygen atoms in total. The number of thiophene rings is 1. The molecule has 17 heavy (non-hydrogen) atoms. The summed E-state index contributed by atoms with van der Waals surface area (Å²) in [5.74, 6) is -0.00380. The van der Waals surface area contributed by atoms with Crippen molar-refractivity contribution in [3.05, 3.63) is 57.3 Å². The molecule has 0 saturated heterocycles. The maximum Gasteiger partial charge on any atom is 0.251 e. The Morgan fingerprint density at radius 2 is 2.12 bits per heavy atom. The van der Waals surface area contributed by atoms with Gasteiger partial charge in [0.1, 0.15) is 0 Å². The van der Waals surface area contributed by atoms with Crippen LogP contribution < -0.4 is 5.32 Å². The van der Waals surface area contributed by atoms with E-state index in [2.05, 4.69) is 5.32 Å². The zero-order valence-corrected chi connectivity index (χ0v) is 10.8. The average molecular weight is 245 g/mol. The predicted molar refractivity (Wildman–Crippen MR) is 71.4 cm³/mol. The number of carbonyl (C=O) groups excluding carboxylic acids is 1. The van der Waals surface area contributed by atoms with Gasteiger partial charge in [-0.1, -0.05) is 23.8 Å². The van der Waals surface area contributed by atoms with Gasteiger partial charge < -0.3 is 5.32 Å². The molecular weight excluding hydrogens is 230 g/mol. The molecule has 1 amide bonds. The third kappa shape index (κ3) is 2.94. The fourth-order valence-electron chi connectivity index (χ4n) is 1.74. The van der Waals surface area contributed by atoms with E-state index in [9.17, 15) is 4.79 Å². The summed E-state index contributed by atoms with van der Waals surface area (Å²) in [6, 6.07) is 9.89. The first-order valence-corrected chi connectivity index (χ1v) is 6.42. The van der Waals surface area contributed by atoms with E-state index in [-0.39, 0.29) is 5.91 Å². The number of rotatable bonds is 3. The van der Waals surface area contributed by atoms with Gasteiger partial charge >= 0.3 is 0 Å². The third-order valence-electron chi connectivity index (χ3n) is 2.63. The molecule has 0 fully saturated rings. The number of aryl methyl sites for hydroxylation is 2. The quantitative estimate of drug-likeness (QED) is 0.883. The maximum absolute atomic E-state index is 12.0. The first-order valence-electron chi connectivity index (χ1n) is 5.54. The standard InChI is InChI=1S/C14H15NOS/c1-10-5-6-13(11(2)8-10)14(16)15-9-12-4-3-7-17-12/h3-8H,9H2,1-2H3,(H,15,16). The second-order valence-electron chi connectivity index (χ2n) is 4.08. The highest BCUT2D eigenvalue weighted by Gasteiger charge is 2.08. The van der Waals surface area contributed by atoms with Crippen molar-refractivity contribution in [1.82, 2.24) is 5.32 Å². The van der Waals surface area contributed by atoms with Gasteiger partial charge in [-0.2, -0.15) is 0 Å². The van der Waals surface area contributed by atoms with Gasteiger partial charge in [0.2, 0.25) is 0 Å². The van der Waals surface area contributed by atoms with E-state index in [4.69, 9.17) is 0 Å². The van der Waals surface area contributed by atoms with Gasteiger partial charge in [0.15, 0.2) is 0 Å². The Balaban J connectivity index is 2.04. The van der Waals surface area contributed by atoms with Crippen LogP contribution in [0.2, 0.25) is 0 Å². The zero-order chi connectivity index (χ0) is 12.3. The molecule has 1 heterocycles. The molecule has 0 spiro atoms. The van der Waals surface area contributed by atoms with Crippen molar-refractivity contribution < 1.29 is 4.79 Å². The molecular formula is C14H15NOS. The van der Waals surface area contributed by atoms with Gasteiger partial charge in [0, 0.05) is 10.4 Å². The van der Waals surface area contributed by atoms with Gasteiger partial charge in [0.05, 0.1) is 6.54 Å². The van der Waals surface area contributed by atoms with E-state index < -0.39 is 0 Å². The van der Waals surface area contributed by atoms with Crippen LogP contribution in [0.15, 0.2) is 35.7 Å². The normalized spacial score (nSPS) is 10.2. The van der Waals surface area contributed by atoms with Gasteiger partial charge in [-0.25, -0.2) is 0 Å². The molecule has 0 radical (unpaired) electrons. The van der Waals surface area contributed by atoms with Crippen molar-refractivity contribution in [2.75, 3.05) is 0 Å². The Morgan fingerprint density at radius 3 is 2.76 bits per heavy atom. The molecule has 0 aliphatic heterocycles. The molecule has 88 valence electrons. The highest BCUT2D eigenvalue weighted by Crippen LogP contribution is 2.12. The Labute approximate surface area is 105 Å². The molecule has 3 heteroatoms. The largest absolute Gasteiger partial charge is 0.347 e. The van der Waals surface area contributed by atoms with E-state index in [1.54, 1.807) is 11.3 Å². The van der Waals surface area contributed by atoms with Crippen molar-refractivity contribution in [3.8, 4) is 0 Å². The fourth-order valence-corrected chi connectivity index (χ4v) is 2.39. The molecule has 0 aliphatic carbocycles. The third-order valence-corrected chi connectivity index (χ3v) is 3.51. The lowest BCUT2D eigenvalue weighted by Crippen LogP contribution is -2.23. The summed E-state index contributed by atoms with van der Waals surface area (Å²) in [5, 5.41) is 4.95. The summed E-state index contributed by atoms with van der Waals surface area (Å²) < 4.78 is 0. The Morgan fingerprint density at radius 1 is 1.29 bits per heavy atom. The van der Waals surface area contributed by atoms with Gasteiger partial charge in [-0.3, -0.25) is 4.79 Å². The molecule has 2 aromatic rings. The molecule has 0 unspecified atom stereocenters. The maximum atomic E-state index is 12.0. The Kier molecular flexibility index (Phi) is 3.59. The van der Waals surface area contributed by atoms with E-state index in [0.29, 0.717) is 6.54 Å². The second-order valence-corrected chi connectivity index (χ2v) is 5.11. The van der Waals surface area contributed by atoms with E-state index in [0.717, 1.165) is 11.1 Å². The number of nitrogens with one attached hydrogen (secondary N) is 1. The predicted octanol–water partition coefficient (Wildman–Crippen LogP) is 3.29. The van der Waals surface area contributed by atoms with E-state index in [1.165, 1.54) is 10.4 Å². The van der Waals surface area contributed by atoms with Gasteiger partial charge in [0.25, 0.3) is 5.91 Å². The molecule has 0 bridgehead atoms. The van der Waals surface area contributed by atoms with Crippen molar-refractivity contribution in [1.29, 1.82) is 0 Å². The molecule has 1 aromatic heterocycles. The van der Waals surface area contributed by atoms with Crippen molar-refractivity contribution >= 4 is 17.2 Å². The number of carbonyl (C=O) groups is 1. The van der Waals surface area contributed by atoms with Crippen LogP contribution in [0.1, 0.15) is 26.4 Å². The summed E-state index contributed by atoms with van der Waals surface area (Å²) in [5.41, 5.74) is 2.96. The summed E-state index contributed by atoms with van der Waals surface area (Å²) in [6.07, 6.45) is 0. The highest BCUT2D eigenvalue weighted by molar-refractivity contribution is 7.09. The summed E-state index contributed by atoms with van der Waals surface area (Å²) >= 11 is 1.65. The van der Waals surface area contributed by atoms with Crippen LogP contribution in [0.3, 0.4) is 0 Å². The monoisotopic (exact) mass is 245 g/mol. The minimum atomic E-state index is -0.00380. The Hall–Kier alpha value is -1.61. The van der Waals surface area contributed by atoms with Crippen LogP contribution in [0.25, 0.3) is 0 Å². The fraction of sp³-hybridized carbons (Fsp3) is 0.214. The molecule has 1 aromatic carbocycles. The number of amides is 1. The van der Waals surface area contributed by atoms with E-state index >= 15 is 0 Å². The lowest BCUT2D eigenvalue weighted by Gasteiger charge is -2.07. The first kappa shape index (κ1) is 11.9. The van der Waals surface area contributed by atoms with Crippen LogP contribution in [0.5, 0.6) is 0 Å². The Bertz CT molecular complexity index is 517. The van der Waals surface area contributed by atoms with Crippen molar-refractivity contribution in [3.63, 3.8) is 0 Å². The van der Waals surface area contributed by atoms with Crippen molar-refractivity contribution in [2.24, 2.45) is 0 Å². The molecule has 0 atom stereocenters. The average Bonchev–Trinajstić information content (AvgIpc) is 2.78. The number of benzene rings is 1. The highest BCUT2D eigenvalue weighted by atomic mass is 32.1. The van der Waals surface area contributed by atoms with Crippen LogP contribution >= 0.6 is 11.3 Å².